The van der Waals surface area contributed by atoms with Gasteiger partial charge in [0.25, 0.3) is 0 Å². The number of hydrogen-bond donors (Lipinski definition) is 0. The lowest BCUT2D eigenvalue weighted by Gasteiger charge is -2.01. The molecule has 0 radical (unpaired) electrons. The molecule has 78 valence electrons. The molecule has 0 saturated heterocycles. The highest BCUT2D eigenvalue weighted by atomic mass is 14.0. The minimum Gasteiger partial charge on any atom is -0.0847 e. The summed E-state index contributed by atoms with van der Waals surface area (Å²) in [5.74, 6) is 0. The Kier molecular flexibility index (Phi) is 4.62. The van der Waals surface area contributed by atoms with Gasteiger partial charge in [-0.2, -0.15) is 0 Å². The zero-order valence-electron chi connectivity index (χ0n) is 9.70. The van der Waals surface area contributed by atoms with Gasteiger partial charge in [0, 0.05) is 0 Å². The molecule has 0 bridgehead atoms. The van der Waals surface area contributed by atoms with Gasteiger partial charge < -0.3 is 0 Å². The van der Waals surface area contributed by atoms with Gasteiger partial charge in [-0.25, -0.2) is 0 Å². The molecule has 0 N–H and O–H groups in total. The van der Waals surface area contributed by atoms with E-state index in [-0.39, 0.29) is 0 Å². The van der Waals surface area contributed by atoms with E-state index >= 15 is 0 Å². The van der Waals surface area contributed by atoms with Crippen LogP contribution in [0.5, 0.6) is 0 Å². The standard InChI is InChI=1S/C15H18/c1-4-13(3)11-12-14(5-2)15-9-7-6-8-10-15/h4-12H,1-3H3/b12-11-,13-4-,14-5+. The summed E-state index contributed by atoms with van der Waals surface area (Å²) in [6.07, 6.45) is 8.54. The highest BCUT2D eigenvalue weighted by molar-refractivity contribution is 5.74. The highest BCUT2D eigenvalue weighted by Gasteiger charge is 1.93. The first-order chi connectivity index (χ1) is 7.27. The third kappa shape index (κ3) is 3.59. The van der Waals surface area contributed by atoms with Crippen molar-refractivity contribution in [3.63, 3.8) is 0 Å². The van der Waals surface area contributed by atoms with Gasteiger partial charge in [-0.15, -0.1) is 0 Å². The lowest BCUT2D eigenvalue weighted by atomic mass is 10.0. The molecule has 0 heterocycles. The van der Waals surface area contributed by atoms with E-state index in [1.165, 1.54) is 16.7 Å². The molecular weight excluding hydrogens is 180 g/mol. The van der Waals surface area contributed by atoms with Crippen LogP contribution in [-0.2, 0) is 0 Å². The van der Waals surface area contributed by atoms with Crippen molar-refractivity contribution in [2.45, 2.75) is 20.8 Å². The third-order valence-corrected chi connectivity index (χ3v) is 2.40. The lowest BCUT2D eigenvalue weighted by molar-refractivity contribution is 1.47. The zero-order chi connectivity index (χ0) is 11.1. The second kappa shape index (κ2) is 6.02. The molecule has 0 amide bonds. The van der Waals surface area contributed by atoms with Gasteiger partial charge in [-0.1, -0.05) is 60.2 Å². The fourth-order valence-corrected chi connectivity index (χ4v) is 1.31. The van der Waals surface area contributed by atoms with Crippen LogP contribution in [-0.4, -0.2) is 0 Å². The Labute approximate surface area is 92.6 Å². The van der Waals surface area contributed by atoms with Crippen LogP contribution in [0.3, 0.4) is 0 Å². The summed E-state index contributed by atoms with van der Waals surface area (Å²) in [4.78, 5) is 0. The van der Waals surface area contributed by atoms with E-state index in [9.17, 15) is 0 Å². The summed E-state index contributed by atoms with van der Waals surface area (Å²) < 4.78 is 0. The smallest absolute Gasteiger partial charge is 0.0187 e. The molecule has 0 atom stereocenters. The molecule has 0 aliphatic heterocycles. The van der Waals surface area contributed by atoms with Crippen LogP contribution in [0.2, 0.25) is 0 Å². The summed E-state index contributed by atoms with van der Waals surface area (Å²) in [7, 11) is 0. The van der Waals surface area contributed by atoms with E-state index in [1.54, 1.807) is 0 Å². The monoisotopic (exact) mass is 198 g/mol. The van der Waals surface area contributed by atoms with E-state index in [0.717, 1.165) is 0 Å². The van der Waals surface area contributed by atoms with Crippen LogP contribution in [0.1, 0.15) is 26.3 Å². The molecule has 0 nitrogen and oxygen atoms in total. The van der Waals surface area contributed by atoms with Gasteiger partial charge in [0.2, 0.25) is 0 Å². The molecule has 0 aromatic heterocycles. The normalized spacial score (nSPS) is 13.5. The Balaban J connectivity index is 2.89. The topological polar surface area (TPSA) is 0 Å². The average molecular weight is 198 g/mol. The van der Waals surface area contributed by atoms with Crippen LogP contribution >= 0.6 is 0 Å². The molecule has 1 rings (SSSR count). The van der Waals surface area contributed by atoms with Gasteiger partial charge in [0.05, 0.1) is 0 Å². The quantitative estimate of drug-likeness (QED) is 0.622. The molecule has 15 heavy (non-hydrogen) atoms. The molecule has 0 aliphatic carbocycles. The van der Waals surface area contributed by atoms with E-state index in [2.05, 4.69) is 69.3 Å². The first kappa shape index (κ1) is 11.5. The predicted octanol–water partition coefficient (Wildman–Crippen LogP) is 4.61. The number of benzene rings is 1. The second-order valence-corrected chi connectivity index (χ2v) is 3.48. The molecule has 1 aromatic carbocycles. The molecule has 1 aromatic rings. The van der Waals surface area contributed by atoms with E-state index in [0.29, 0.717) is 0 Å². The molecule has 0 aliphatic rings. The Morgan fingerprint density at radius 3 is 2.13 bits per heavy atom. The van der Waals surface area contributed by atoms with Gasteiger partial charge >= 0.3 is 0 Å². The van der Waals surface area contributed by atoms with E-state index in [4.69, 9.17) is 0 Å². The maximum Gasteiger partial charge on any atom is -0.0187 e. The summed E-state index contributed by atoms with van der Waals surface area (Å²) >= 11 is 0. The van der Waals surface area contributed by atoms with Crippen LogP contribution < -0.4 is 0 Å². The second-order valence-electron chi connectivity index (χ2n) is 3.48. The molecule has 0 unspecified atom stereocenters. The largest absolute Gasteiger partial charge is 0.0847 e. The van der Waals surface area contributed by atoms with Crippen molar-refractivity contribution in [1.82, 2.24) is 0 Å². The predicted molar refractivity (Wildman–Crippen MR) is 68.7 cm³/mol. The fraction of sp³-hybridized carbons (Fsp3) is 0.200. The van der Waals surface area contributed by atoms with Crippen molar-refractivity contribution in [3.05, 3.63) is 65.8 Å². The van der Waals surface area contributed by atoms with Gasteiger partial charge in [-0.05, 0) is 31.9 Å². The van der Waals surface area contributed by atoms with Gasteiger partial charge in [-0.3, -0.25) is 0 Å². The van der Waals surface area contributed by atoms with Crippen LogP contribution in [0.15, 0.2) is 60.2 Å². The lowest BCUT2D eigenvalue weighted by Crippen LogP contribution is -1.79. The van der Waals surface area contributed by atoms with E-state index in [1.807, 2.05) is 6.07 Å². The van der Waals surface area contributed by atoms with Crippen molar-refractivity contribution >= 4 is 5.57 Å². The maximum atomic E-state index is 2.16. The van der Waals surface area contributed by atoms with Gasteiger partial charge in [0.1, 0.15) is 0 Å². The number of allylic oxidation sites excluding steroid dienone is 6. The van der Waals surface area contributed by atoms with Crippen LogP contribution in [0.4, 0.5) is 0 Å². The molecule has 0 fully saturated rings. The Morgan fingerprint density at radius 1 is 0.933 bits per heavy atom. The summed E-state index contributed by atoms with van der Waals surface area (Å²) in [5, 5.41) is 0. The van der Waals surface area contributed by atoms with E-state index < -0.39 is 0 Å². The molecule has 0 heteroatoms. The Hall–Kier alpha value is -1.56. The van der Waals surface area contributed by atoms with Crippen molar-refractivity contribution in [2.75, 3.05) is 0 Å². The van der Waals surface area contributed by atoms with Crippen molar-refractivity contribution in [3.8, 4) is 0 Å². The maximum absolute atomic E-state index is 2.16. The zero-order valence-corrected chi connectivity index (χ0v) is 9.70. The minimum absolute atomic E-state index is 1.26. The summed E-state index contributed by atoms with van der Waals surface area (Å²) in [6.45, 7) is 6.23. The number of hydrogen-bond acceptors (Lipinski definition) is 0. The average Bonchev–Trinajstić information content (AvgIpc) is 2.31. The molecule has 0 saturated carbocycles. The highest BCUT2D eigenvalue weighted by Crippen LogP contribution is 2.15. The third-order valence-electron chi connectivity index (χ3n) is 2.40. The van der Waals surface area contributed by atoms with Gasteiger partial charge in [0.15, 0.2) is 0 Å². The first-order valence-electron chi connectivity index (χ1n) is 5.30. The van der Waals surface area contributed by atoms with Crippen molar-refractivity contribution in [2.24, 2.45) is 0 Å². The first-order valence-corrected chi connectivity index (χ1v) is 5.30. The summed E-state index contributed by atoms with van der Waals surface area (Å²) in [5.41, 5.74) is 3.81. The minimum atomic E-state index is 1.26. The van der Waals surface area contributed by atoms with Crippen molar-refractivity contribution in [1.29, 1.82) is 0 Å². The summed E-state index contributed by atoms with van der Waals surface area (Å²) in [6, 6.07) is 10.4. The molecular formula is C15H18. The fourth-order valence-electron chi connectivity index (χ4n) is 1.31. The number of rotatable bonds is 3. The SMILES string of the molecule is C\C=C(C)/C=C\C(=C/C)c1ccccc1. The van der Waals surface area contributed by atoms with Crippen LogP contribution in [0, 0.1) is 0 Å². The Bertz CT molecular complexity index is 378. The van der Waals surface area contributed by atoms with Crippen molar-refractivity contribution < 1.29 is 0 Å². The van der Waals surface area contributed by atoms with Crippen LogP contribution in [0.25, 0.3) is 5.57 Å². The Morgan fingerprint density at radius 2 is 1.60 bits per heavy atom. The molecule has 0 spiro atoms.